The van der Waals surface area contributed by atoms with Crippen molar-refractivity contribution < 1.29 is 28.6 Å². The van der Waals surface area contributed by atoms with Crippen LogP contribution in [0.3, 0.4) is 0 Å². The molecule has 1 N–H and O–H groups in total. The van der Waals surface area contributed by atoms with Crippen molar-refractivity contribution in [3.05, 3.63) is 50.6 Å². The zero-order valence-corrected chi connectivity index (χ0v) is 24.8. The Morgan fingerprint density at radius 1 is 1.10 bits per heavy atom. The van der Waals surface area contributed by atoms with Gasteiger partial charge in [-0.1, -0.05) is 23.4 Å². The summed E-state index contributed by atoms with van der Waals surface area (Å²) in [5.41, 5.74) is 1.54. The van der Waals surface area contributed by atoms with Crippen LogP contribution in [0.2, 0.25) is 5.02 Å². The third kappa shape index (κ3) is 7.96. The van der Waals surface area contributed by atoms with Crippen LogP contribution in [0.25, 0.3) is 0 Å². The summed E-state index contributed by atoms with van der Waals surface area (Å²) >= 11 is 8.19. The lowest BCUT2D eigenvalue weighted by Crippen LogP contribution is -2.17. The Bertz CT molecular complexity index is 1340. The van der Waals surface area contributed by atoms with Gasteiger partial charge < -0.3 is 24.1 Å². The van der Waals surface area contributed by atoms with E-state index in [2.05, 4.69) is 15.5 Å². The van der Waals surface area contributed by atoms with E-state index in [1.54, 1.807) is 26.8 Å². The van der Waals surface area contributed by atoms with E-state index in [4.69, 9.17) is 25.8 Å². The minimum atomic E-state index is -0.613. The van der Waals surface area contributed by atoms with Crippen molar-refractivity contribution >= 4 is 57.5 Å². The number of amides is 1. The molecule has 0 saturated carbocycles. The SMILES string of the molecule is CCOC(=O)c1sc(NC(=O)CSc2nnc(CCCOc3ccc(Cl)cc3C)n2C)c(C(=O)OCC)c1C. The number of halogens is 1. The molecular formula is C26H31ClN4O6S2. The summed E-state index contributed by atoms with van der Waals surface area (Å²) in [5.74, 6) is 0.0591. The first-order chi connectivity index (χ1) is 18.7. The van der Waals surface area contributed by atoms with Gasteiger partial charge in [-0.05, 0) is 63.4 Å². The number of carbonyl (C=O) groups is 3. The number of carbonyl (C=O) groups excluding carboxylic acids is 3. The van der Waals surface area contributed by atoms with Crippen LogP contribution in [-0.2, 0) is 27.7 Å². The first-order valence-electron chi connectivity index (χ1n) is 12.3. The number of nitrogens with zero attached hydrogens (tertiary/aromatic N) is 3. The van der Waals surface area contributed by atoms with E-state index in [0.29, 0.717) is 28.8 Å². The van der Waals surface area contributed by atoms with Crippen molar-refractivity contribution in [2.45, 2.75) is 45.7 Å². The molecule has 13 heteroatoms. The molecule has 0 spiro atoms. The summed E-state index contributed by atoms with van der Waals surface area (Å²) in [7, 11) is 1.84. The van der Waals surface area contributed by atoms with Crippen LogP contribution >= 0.6 is 34.7 Å². The van der Waals surface area contributed by atoms with Crippen LogP contribution < -0.4 is 10.1 Å². The molecule has 0 aliphatic heterocycles. The van der Waals surface area contributed by atoms with Crippen molar-refractivity contribution in [1.29, 1.82) is 0 Å². The Labute approximate surface area is 240 Å². The van der Waals surface area contributed by atoms with Gasteiger partial charge in [-0.15, -0.1) is 21.5 Å². The van der Waals surface area contributed by atoms with Gasteiger partial charge in [0.25, 0.3) is 0 Å². The smallest absolute Gasteiger partial charge is 0.348 e. The fraction of sp³-hybridized carbons (Fsp3) is 0.423. The van der Waals surface area contributed by atoms with Gasteiger partial charge in [-0.2, -0.15) is 0 Å². The summed E-state index contributed by atoms with van der Waals surface area (Å²) < 4.78 is 17.9. The van der Waals surface area contributed by atoms with Gasteiger partial charge in [0.05, 0.1) is 31.1 Å². The summed E-state index contributed by atoms with van der Waals surface area (Å²) in [4.78, 5) is 37.9. The second-order valence-corrected chi connectivity index (χ2v) is 10.8. The van der Waals surface area contributed by atoms with Crippen LogP contribution in [0.1, 0.15) is 57.2 Å². The van der Waals surface area contributed by atoms with Crippen molar-refractivity contribution in [3.8, 4) is 5.75 Å². The number of nitrogens with one attached hydrogen (secondary N) is 1. The number of anilines is 1. The van der Waals surface area contributed by atoms with Crippen LogP contribution in [0.15, 0.2) is 23.4 Å². The maximum atomic E-state index is 12.8. The minimum Gasteiger partial charge on any atom is -0.493 e. The lowest BCUT2D eigenvalue weighted by Gasteiger charge is -2.09. The molecule has 3 aromatic rings. The summed E-state index contributed by atoms with van der Waals surface area (Å²) in [6.45, 7) is 7.81. The van der Waals surface area contributed by atoms with Crippen LogP contribution in [-0.4, -0.2) is 58.2 Å². The maximum absolute atomic E-state index is 12.8. The number of ether oxygens (including phenoxy) is 3. The molecule has 2 aromatic heterocycles. The van der Waals surface area contributed by atoms with Gasteiger partial charge in [-0.3, -0.25) is 4.79 Å². The van der Waals surface area contributed by atoms with Gasteiger partial charge in [0.2, 0.25) is 5.91 Å². The van der Waals surface area contributed by atoms with Crippen LogP contribution in [0, 0.1) is 13.8 Å². The molecule has 0 bridgehead atoms. The normalized spacial score (nSPS) is 10.8. The summed E-state index contributed by atoms with van der Waals surface area (Å²) in [6, 6.07) is 5.50. The van der Waals surface area contributed by atoms with E-state index >= 15 is 0 Å². The third-order valence-electron chi connectivity index (χ3n) is 5.54. The van der Waals surface area contributed by atoms with Crippen molar-refractivity contribution in [3.63, 3.8) is 0 Å². The van der Waals surface area contributed by atoms with Crippen molar-refractivity contribution in [1.82, 2.24) is 14.8 Å². The predicted molar refractivity (Wildman–Crippen MR) is 151 cm³/mol. The second kappa shape index (κ2) is 14.3. The molecule has 1 amide bonds. The lowest BCUT2D eigenvalue weighted by molar-refractivity contribution is -0.113. The lowest BCUT2D eigenvalue weighted by atomic mass is 10.1. The molecule has 0 unspecified atom stereocenters. The van der Waals surface area contributed by atoms with E-state index in [1.807, 2.05) is 30.7 Å². The zero-order chi connectivity index (χ0) is 28.5. The number of aryl methyl sites for hydroxylation is 2. The number of esters is 2. The third-order valence-corrected chi connectivity index (χ3v) is 7.98. The number of thiophene rings is 1. The van der Waals surface area contributed by atoms with Gasteiger partial charge in [0.15, 0.2) is 5.16 Å². The Hall–Kier alpha value is -3.09. The molecule has 10 nitrogen and oxygen atoms in total. The van der Waals surface area contributed by atoms with Crippen LogP contribution in [0.4, 0.5) is 5.00 Å². The highest BCUT2D eigenvalue weighted by Crippen LogP contribution is 2.34. The van der Waals surface area contributed by atoms with Crippen LogP contribution in [0.5, 0.6) is 5.75 Å². The summed E-state index contributed by atoms with van der Waals surface area (Å²) in [6.07, 6.45) is 1.38. The van der Waals surface area contributed by atoms with E-state index in [0.717, 1.165) is 34.9 Å². The first kappa shape index (κ1) is 30.5. The molecule has 0 fully saturated rings. The number of benzene rings is 1. The molecule has 0 saturated heterocycles. The van der Waals surface area contributed by atoms with Crippen molar-refractivity contribution in [2.24, 2.45) is 7.05 Å². The molecular weight excluding hydrogens is 564 g/mol. The highest BCUT2D eigenvalue weighted by molar-refractivity contribution is 7.99. The monoisotopic (exact) mass is 594 g/mol. The molecule has 1 aromatic carbocycles. The standard InChI is InChI=1S/C26H31ClN4O6S2/c1-6-35-24(33)21-16(4)22(25(34)36-7-2)39-23(21)28-20(32)14-38-26-30-29-19(31(26)5)9-8-12-37-18-11-10-17(27)13-15(18)3/h10-11,13H,6-9,12,14H2,1-5H3,(H,28,32). The molecule has 0 radical (unpaired) electrons. The van der Waals surface area contributed by atoms with Gasteiger partial charge >= 0.3 is 11.9 Å². The number of aromatic nitrogens is 3. The van der Waals surface area contributed by atoms with E-state index < -0.39 is 11.9 Å². The summed E-state index contributed by atoms with van der Waals surface area (Å²) in [5, 5.41) is 12.7. The van der Waals surface area contributed by atoms with E-state index in [9.17, 15) is 14.4 Å². The van der Waals surface area contributed by atoms with E-state index in [-0.39, 0.29) is 40.3 Å². The number of hydrogen-bond acceptors (Lipinski definition) is 10. The van der Waals surface area contributed by atoms with E-state index in [1.165, 1.54) is 11.8 Å². The first-order valence-corrected chi connectivity index (χ1v) is 14.5. The Balaban J connectivity index is 1.57. The van der Waals surface area contributed by atoms with Crippen molar-refractivity contribution in [2.75, 3.05) is 30.9 Å². The molecule has 3 rings (SSSR count). The second-order valence-electron chi connectivity index (χ2n) is 8.36. The number of thioether (sulfide) groups is 1. The molecule has 210 valence electrons. The fourth-order valence-corrected chi connectivity index (χ4v) is 5.67. The highest BCUT2D eigenvalue weighted by atomic mass is 35.5. The van der Waals surface area contributed by atoms with Gasteiger partial charge in [-0.25, -0.2) is 9.59 Å². The average Bonchev–Trinajstić information content (AvgIpc) is 3.40. The molecule has 0 aliphatic carbocycles. The molecule has 2 heterocycles. The maximum Gasteiger partial charge on any atom is 0.348 e. The average molecular weight is 595 g/mol. The predicted octanol–water partition coefficient (Wildman–Crippen LogP) is 5.24. The molecule has 0 atom stereocenters. The largest absolute Gasteiger partial charge is 0.493 e. The minimum absolute atomic E-state index is 0.0267. The molecule has 0 aliphatic rings. The Morgan fingerprint density at radius 2 is 1.82 bits per heavy atom. The number of hydrogen-bond donors (Lipinski definition) is 1. The highest BCUT2D eigenvalue weighted by Gasteiger charge is 2.27. The number of rotatable bonds is 13. The van der Waals surface area contributed by atoms with Gasteiger partial charge in [0, 0.05) is 18.5 Å². The topological polar surface area (TPSA) is 122 Å². The zero-order valence-electron chi connectivity index (χ0n) is 22.5. The molecule has 39 heavy (non-hydrogen) atoms. The fourth-order valence-electron chi connectivity index (χ4n) is 3.61. The quantitative estimate of drug-likeness (QED) is 0.161. The van der Waals surface area contributed by atoms with Gasteiger partial charge in [0.1, 0.15) is 21.5 Å². The Morgan fingerprint density at radius 3 is 2.51 bits per heavy atom. The Kier molecular flexibility index (Phi) is 11.2.